The topological polar surface area (TPSA) is 40.5 Å². The molecule has 0 saturated heterocycles. The van der Waals surface area contributed by atoms with Crippen molar-refractivity contribution >= 4 is 29.6 Å². The molecule has 0 aliphatic rings. The van der Waals surface area contributed by atoms with Crippen molar-refractivity contribution < 1.29 is 10.2 Å². The van der Waals surface area contributed by atoms with Crippen LogP contribution < -0.4 is 0 Å². The van der Waals surface area contributed by atoms with Crippen molar-refractivity contribution in [2.24, 2.45) is 0 Å². The van der Waals surface area contributed by atoms with Gasteiger partial charge in [0, 0.05) is 12.2 Å². The van der Waals surface area contributed by atoms with E-state index < -0.39 is 0 Å². The molecule has 0 spiro atoms. The van der Waals surface area contributed by atoms with Crippen LogP contribution in [0.25, 0.3) is 0 Å². The van der Waals surface area contributed by atoms with Crippen LogP contribution in [0, 0.1) is 0 Å². The van der Waals surface area contributed by atoms with Gasteiger partial charge in [-0.1, -0.05) is 0 Å². The molecule has 2 nitrogen and oxygen atoms in total. The van der Waals surface area contributed by atoms with Gasteiger partial charge in [-0.25, -0.2) is 0 Å². The first kappa shape index (κ1) is 16.5. The number of aliphatic hydroxyl groups excluding tert-OH is 2. The molecule has 0 aliphatic carbocycles. The van der Waals surface area contributed by atoms with Gasteiger partial charge < -0.3 is 10.2 Å². The van der Waals surface area contributed by atoms with Gasteiger partial charge in [-0.05, 0) is 27.7 Å². The van der Waals surface area contributed by atoms with Crippen LogP contribution >= 0.6 is 0 Å². The molecule has 0 amide bonds. The van der Waals surface area contributed by atoms with E-state index in [1.807, 2.05) is 0 Å². The van der Waals surface area contributed by atoms with E-state index in [0.29, 0.717) is 0 Å². The molecule has 0 unspecified atom stereocenters. The Bertz CT molecular complexity index is 26.5. The Hall–Kier alpha value is 0.920. The summed E-state index contributed by atoms with van der Waals surface area (Å²) in [6.07, 6.45) is -0.333. The Labute approximate surface area is 79.6 Å². The minimum absolute atomic E-state index is 0. The third kappa shape index (κ3) is 505. The molecular weight excluding hydrogens is 127 g/mol. The second kappa shape index (κ2) is 11.7. The second-order valence-corrected chi connectivity index (χ2v) is 2.19. The predicted octanol–water partition coefficient (Wildman–Crippen LogP) is 0.126. The molecule has 2 N–H and O–H groups in total. The molecule has 3 heteroatoms. The summed E-state index contributed by atoms with van der Waals surface area (Å²) in [6.45, 7) is 6.89. The van der Waals surface area contributed by atoms with Gasteiger partial charge in [0.05, 0.1) is 0 Å². The van der Waals surface area contributed by atoms with E-state index in [2.05, 4.69) is 0 Å². The molecule has 0 heterocycles. The Kier molecular flexibility index (Phi) is 21.4. The normalized spacial score (nSPS) is 8.00. The fraction of sp³-hybridized carbons (Fsp3) is 1.00. The van der Waals surface area contributed by atoms with Crippen LogP contribution in [0.15, 0.2) is 0 Å². The molecule has 0 radical (unpaired) electrons. The molecule has 0 bridgehead atoms. The van der Waals surface area contributed by atoms with Gasteiger partial charge in [0.25, 0.3) is 0 Å². The third-order valence-electron chi connectivity index (χ3n) is 0. The van der Waals surface area contributed by atoms with Crippen molar-refractivity contribution in [3.05, 3.63) is 0 Å². The van der Waals surface area contributed by atoms with E-state index in [4.69, 9.17) is 10.2 Å². The summed E-state index contributed by atoms with van der Waals surface area (Å²) in [5.74, 6) is 0. The average Bonchev–Trinajstić information content (AvgIpc) is 1.25. The molecule has 0 atom stereocenters. The monoisotopic (exact) mass is 144 g/mol. The average molecular weight is 144 g/mol. The first-order chi connectivity index (χ1) is 3.46. The molecule has 0 rings (SSSR count). The Balaban J connectivity index is -0.0000000720. The molecule has 0 aromatic carbocycles. The van der Waals surface area contributed by atoms with Gasteiger partial charge in [0.2, 0.25) is 0 Å². The summed E-state index contributed by atoms with van der Waals surface area (Å²) < 4.78 is 0. The third-order valence-corrected chi connectivity index (χ3v) is 0. The van der Waals surface area contributed by atoms with Crippen LogP contribution in [-0.2, 0) is 0 Å². The second-order valence-electron chi connectivity index (χ2n) is 2.19. The SMILES string of the molecule is CC(C)O.CC(C)O.[NaH]. The molecule has 54 valence electrons. The first-order valence-electron chi connectivity index (χ1n) is 2.83. The number of hydrogen-bond donors (Lipinski definition) is 2. The van der Waals surface area contributed by atoms with Crippen molar-refractivity contribution in [3.8, 4) is 0 Å². The Morgan fingerprint density at radius 1 is 0.778 bits per heavy atom. The van der Waals surface area contributed by atoms with Crippen LogP contribution in [0.5, 0.6) is 0 Å². The van der Waals surface area contributed by atoms with Crippen molar-refractivity contribution in [1.29, 1.82) is 0 Å². The number of aliphatic hydroxyl groups is 2. The van der Waals surface area contributed by atoms with Crippen LogP contribution in [-0.4, -0.2) is 52.0 Å². The van der Waals surface area contributed by atoms with E-state index in [1.54, 1.807) is 27.7 Å². The van der Waals surface area contributed by atoms with E-state index in [-0.39, 0.29) is 41.8 Å². The Morgan fingerprint density at radius 3 is 0.778 bits per heavy atom. The standard InChI is InChI=1S/2C3H8O.Na.H/c2*1-3(2)4;;/h2*3-4H,1-2H3;;. The number of hydrogen-bond acceptors (Lipinski definition) is 2. The minimum atomic E-state index is -0.167. The maximum atomic E-state index is 8.06. The van der Waals surface area contributed by atoms with Crippen LogP contribution in [0.3, 0.4) is 0 Å². The van der Waals surface area contributed by atoms with Crippen molar-refractivity contribution in [3.63, 3.8) is 0 Å². The van der Waals surface area contributed by atoms with Crippen LogP contribution in [0.4, 0.5) is 0 Å². The Morgan fingerprint density at radius 2 is 0.778 bits per heavy atom. The zero-order valence-corrected chi connectivity index (χ0v) is 6.05. The molecule has 9 heavy (non-hydrogen) atoms. The van der Waals surface area contributed by atoms with Gasteiger partial charge in [0.15, 0.2) is 0 Å². The van der Waals surface area contributed by atoms with Gasteiger partial charge in [-0.2, -0.15) is 0 Å². The van der Waals surface area contributed by atoms with Crippen molar-refractivity contribution in [2.75, 3.05) is 0 Å². The van der Waals surface area contributed by atoms with Crippen molar-refractivity contribution in [1.82, 2.24) is 0 Å². The fourth-order valence-corrected chi connectivity index (χ4v) is 0. The summed E-state index contributed by atoms with van der Waals surface area (Å²) >= 11 is 0. The maximum absolute atomic E-state index is 8.06. The van der Waals surface area contributed by atoms with Gasteiger partial charge in [-0.3, -0.25) is 0 Å². The quantitative estimate of drug-likeness (QED) is 0.474. The molecular formula is C6H17NaO2. The van der Waals surface area contributed by atoms with Gasteiger partial charge in [-0.15, -0.1) is 0 Å². The summed E-state index contributed by atoms with van der Waals surface area (Å²) in [4.78, 5) is 0. The van der Waals surface area contributed by atoms with Crippen LogP contribution in [0.2, 0.25) is 0 Å². The summed E-state index contributed by atoms with van der Waals surface area (Å²) in [5.41, 5.74) is 0. The van der Waals surface area contributed by atoms with E-state index in [9.17, 15) is 0 Å². The number of rotatable bonds is 0. The van der Waals surface area contributed by atoms with Crippen molar-refractivity contribution in [2.45, 2.75) is 39.9 Å². The summed E-state index contributed by atoms with van der Waals surface area (Å²) in [5, 5.41) is 16.1. The van der Waals surface area contributed by atoms with Gasteiger partial charge in [0.1, 0.15) is 0 Å². The van der Waals surface area contributed by atoms with Gasteiger partial charge >= 0.3 is 29.6 Å². The van der Waals surface area contributed by atoms with E-state index >= 15 is 0 Å². The molecule has 0 fully saturated rings. The zero-order valence-electron chi connectivity index (χ0n) is 6.05. The van der Waals surface area contributed by atoms with Crippen LogP contribution in [0.1, 0.15) is 27.7 Å². The summed E-state index contributed by atoms with van der Waals surface area (Å²) in [6, 6.07) is 0. The zero-order chi connectivity index (χ0) is 7.15. The van der Waals surface area contributed by atoms with E-state index in [0.717, 1.165) is 0 Å². The molecule has 0 aromatic heterocycles. The fourth-order valence-electron chi connectivity index (χ4n) is 0. The predicted molar refractivity (Wildman–Crippen MR) is 41.9 cm³/mol. The molecule has 0 aromatic rings. The molecule has 0 saturated carbocycles. The first-order valence-corrected chi connectivity index (χ1v) is 2.83. The summed E-state index contributed by atoms with van der Waals surface area (Å²) in [7, 11) is 0. The van der Waals surface area contributed by atoms with E-state index in [1.165, 1.54) is 0 Å². The molecule has 0 aliphatic heterocycles.